The molecule has 0 aromatic carbocycles. The summed E-state index contributed by atoms with van der Waals surface area (Å²) in [5, 5.41) is 43.9. The maximum Gasteiger partial charge on any atom is 0.320 e. The van der Waals surface area contributed by atoms with Crippen molar-refractivity contribution in [1.82, 2.24) is 14.7 Å². The molecule has 0 unspecified atom stereocenters. The van der Waals surface area contributed by atoms with Crippen molar-refractivity contribution >= 4 is 29.8 Å². The van der Waals surface area contributed by atoms with Crippen molar-refractivity contribution in [2.24, 2.45) is 0 Å². The van der Waals surface area contributed by atoms with Gasteiger partial charge in [-0.15, -0.1) is 0 Å². The van der Waals surface area contributed by atoms with Crippen LogP contribution < -0.4 is 20.4 Å². The number of esters is 1. The summed E-state index contributed by atoms with van der Waals surface area (Å²) < 4.78 is 5.33. The number of unbranched alkanes of at least 4 members (excludes halogenated alkanes) is 13. The zero-order chi connectivity index (χ0) is 32.3. The minimum absolute atomic E-state index is 0.0129. The summed E-state index contributed by atoms with van der Waals surface area (Å²) in [4.78, 5) is 60.0. The molecule has 0 bridgehead atoms. The molecule has 0 fully saturated rings. The molecule has 0 N–H and O–H groups in total. The molecule has 0 radical (unpaired) electrons. The van der Waals surface area contributed by atoms with E-state index in [0.29, 0.717) is 6.42 Å². The van der Waals surface area contributed by atoms with Gasteiger partial charge in [0, 0.05) is 52.4 Å². The number of carboxylic acids is 4. The second-order valence-electron chi connectivity index (χ2n) is 11.0. The zero-order valence-corrected chi connectivity index (χ0v) is 25.9. The van der Waals surface area contributed by atoms with Gasteiger partial charge in [-0.25, -0.2) is 0 Å². The number of carbonyl (C=O) groups is 5. The average molecular weight is 614 g/mol. The average Bonchev–Trinajstić information content (AvgIpc) is 2.90. The van der Waals surface area contributed by atoms with Crippen molar-refractivity contribution in [3.63, 3.8) is 0 Å². The van der Waals surface area contributed by atoms with E-state index in [0.717, 1.165) is 29.1 Å². The lowest BCUT2D eigenvalue weighted by Gasteiger charge is -2.30. The molecule has 43 heavy (non-hydrogen) atoms. The summed E-state index contributed by atoms with van der Waals surface area (Å²) in [6, 6.07) is 0. The number of carboxylic acid groups (broad SMARTS) is 4. The van der Waals surface area contributed by atoms with E-state index in [1.807, 2.05) is 0 Å². The van der Waals surface area contributed by atoms with Gasteiger partial charge in [0.15, 0.2) is 0 Å². The van der Waals surface area contributed by atoms with Crippen LogP contribution in [0, 0.1) is 0 Å². The largest absolute Gasteiger partial charge is 0.549 e. The van der Waals surface area contributed by atoms with E-state index < -0.39 is 56.0 Å². The quantitative estimate of drug-likeness (QED) is 0.0610. The van der Waals surface area contributed by atoms with Crippen molar-refractivity contribution < 1.29 is 49.1 Å². The first-order valence-corrected chi connectivity index (χ1v) is 15.7. The predicted octanol–water partition coefficient (Wildman–Crippen LogP) is -2.08. The highest BCUT2D eigenvalue weighted by atomic mass is 16.5. The summed E-state index contributed by atoms with van der Waals surface area (Å²) in [6.07, 6.45) is 16.8. The number of nitrogens with zero attached hydrogens (tertiary/aromatic N) is 3. The molecule has 0 aliphatic rings. The van der Waals surface area contributed by atoms with Crippen LogP contribution in [0.3, 0.4) is 0 Å². The molecule has 0 spiro atoms. The SMILES string of the molecule is CCCCCCCCCCCCCCCCOC(=O)CN(CCN(CC(=O)[O-])CC(=O)[O-])CCN(CC(=O)[O-])CC(=O)[O-]. The third-order valence-corrected chi connectivity index (χ3v) is 6.99. The second-order valence-corrected chi connectivity index (χ2v) is 11.0. The van der Waals surface area contributed by atoms with Crippen LogP contribution in [0.25, 0.3) is 0 Å². The number of hydrogen-bond donors (Lipinski definition) is 0. The molecule has 0 rings (SSSR count). The molecule has 13 heteroatoms. The Morgan fingerprint density at radius 2 is 0.744 bits per heavy atom. The predicted molar refractivity (Wildman–Crippen MR) is 151 cm³/mol. The van der Waals surface area contributed by atoms with Gasteiger partial charge >= 0.3 is 5.97 Å². The maximum atomic E-state index is 12.5. The Morgan fingerprint density at radius 1 is 0.442 bits per heavy atom. The fourth-order valence-electron chi connectivity index (χ4n) is 4.70. The fourth-order valence-corrected chi connectivity index (χ4v) is 4.70. The van der Waals surface area contributed by atoms with Crippen molar-refractivity contribution in [2.75, 3.05) is 65.5 Å². The summed E-state index contributed by atoms with van der Waals surface area (Å²) >= 11 is 0. The summed E-state index contributed by atoms with van der Waals surface area (Å²) in [7, 11) is 0. The van der Waals surface area contributed by atoms with Gasteiger partial charge in [-0.05, 0) is 6.42 Å². The van der Waals surface area contributed by atoms with E-state index in [1.165, 1.54) is 69.1 Å². The van der Waals surface area contributed by atoms with E-state index in [1.54, 1.807) is 0 Å². The van der Waals surface area contributed by atoms with Gasteiger partial charge in [0.1, 0.15) is 0 Å². The molecule has 0 aromatic rings. The molecule has 250 valence electrons. The van der Waals surface area contributed by atoms with Crippen LogP contribution in [0.15, 0.2) is 0 Å². The number of rotatable bonds is 31. The molecule has 0 saturated heterocycles. The van der Waals surface area contributed by atoms with Crippen LogP contribution in [0.4, 0.5) is 0 Å². The zero-order valence-electron chi connectivity index (χ0n) is 25.9. The van der Waals surface area contributed by atoms with E-state index in [4.69, 9.17) is 4.74 Å². The normalized spacial score (nSPS) is 11.3. The number of aliphatic carboxylic acids is 4. The standard InChI is InChI=1S/C30H55N3O10/c1-2-3-4-5-6-7-8-9-10-11-12-13-14-15-20-43-30(42)25-31(16-18-32(21-26(34)35)22-27(36)37)17-19-33(23-28(38)39)24-29(40)41/h2-25H2,1H3,(H,34,35)(H,36,37)(H,38,39)(H,40,41)/p-4. The van der Waals surface area contributed by atoms with Crippen LogP contribution in [0.5, 0.6) is 0 Å². The van der Waals surface area contributed by atoms with Gasteiger partial charge < -0.3 is 44.3 Å². The Bertz CT molecular complexity index is 724. The lowest BCUT2D eigenvalue weighted by molar-refractivity contribution is -0.312. The molecule has 0 atom stereocenters. The van der Waals surface area contributed by atoms with Gasteiger partial charge in [-0.2, -0.15) is 0 Å². The van der Waals surface area contributed by atoms with E-state index in [9.17, 15) is 44.4 Å². The van der Waals surface area contributed by atoms with Gasteiger partial charge in [-0.3, -0.25) is 19.5 Å². The molecule has 0 aliphatic carbocycles. The highest BCUT2D eigenvalue weighted by Crippen LogP contribution is 2.13. The van der Waals surface area contributed by atoms with Crippen LogP contribution in [-0.2, 0) is 28.7 Å². The van der Waals surface area contributed by atoms with Gasteiger partial charge in [0.2, 0.25) is 0 Å². The first-order chi connectivity index (χ1) is 20.5. The summed E-state index contributed by atoms with van der Waals surface area (Å²) in [6.45, 7) is -0.632. The topological polar surface area (TPSA) is 197 Å². The smallest absolute Gasteiger partial charge is 0.320 e. The molecule has 13 nitrogen and oxygen atoms in total. The van der Waals surface area contributed by atoms with Crippen LogP contribution in [-0.4, -0.2) is 110 Å². The monoisotopic (exact) mass is 613 g/mol. The molecular weight excluding hydrogens is 562 g/mol. The highest BCUT2D eigenvalue weighted by molar-refractivity contribution is 5.72. The van der Waals surface area contributed by atoms with Crippen molar-refractivity contribution in [3.05, 3.63) is 0 Å². The van der Waals surface area contributed by atoms with E-state index in [2.05, 4.69) is 6.92 Å². The first-order valence-electron chi connectivity index (χ1n) is 15.7. The fraction of sp³-hybridized carbons (Fsp3) is 0.833. The van der Waals surface area contributed by atoms with Crippen LogP contribution in [0.1, 0.15) is 96.8 Å². The van der Waals surface area contributed by atoms with Crippen molar-refractivity contribution in [2.45, 2.75) is 96.8 Å². The molecule has 0 aromatic heterocycles. The Hall–Kier alpha value is -2.77. The summed E-state index contributed by atoms with van der Waals surface area (Å²) in [5.41, 5.74) is 0. The van der Waals surface area contributed by atoms with E-state index >= 15 is 0 Å². The van der Waals surface area contributed by atoms with Gasteiger partial charge in [0.25, 0.3) is 0 Å². The third kappa shape index (κ3) is 27.8. The van der Waals surface area contributed by atoms with Crippen molar-refractivity contribution in [3.8, 4) is 0 Å². The Labute approximate surface area is 256 Å². The maximum absolute atomic E-state index is 12.5. The Kier molecular flexibility index (Phi) is 25.1. The third-order valence-electron chi connectivity index (χ3n) is 6.99. The van der Waals surface area contributed by atoms with Gasteiger partial charge in [-0.1, -0.05) is 90.4 Å². The molecular formula is C30H51N3O10-4. The van der Waals surface area contributed by atoms with Crippen molar-refractivity contribution in [1.29, 1.82) is 0 Å². The van der Waals surface area contributed by atoms with Crippen LogP contribution >= 0.6 is 0 Å². The Balaban J connectivity index is 4.51. The lowest BCUT2D eigenvalue weighted by atomic mass is 10.0. The Morgan fingerprint density at radius 3 is 1.07 bits per heavy atom. The minimum atomic E-state index is -1.49. The summed E-state index contributed by atoms with van der Waals surface area (Å²) in [5.74, 6) is -6.53. The second kappa shape index (κ2) is 26.8. The highest BCUT2D eigenvalue weighted by Gasteiger charge is 2.16. The molecule has 0 heterocycles. The number of hydrogen-bond acceptors (Lipinski definition) is 13. The number of carbonyl (C=O) groups excluding carboxylic acids is 5. The molecule has 0 aliphatic heterocycles. The lowest BCUT2D eigenvalue weighted by Crippen LogP contribution is -2.49. The number of ether oxygens (including phenoxy) is 1. The molecule has 0 saturated carbocycles. The minimum Gasteiger partial charge on any atom is -0.549 e. The first kappa shape index (κ1) is 40.2. The van der Waals surface area contributed by atoms with E-state index in [-0.39, 0.29) is 39.3 Å². The molecule has 0 amide bonds. The van der Waals surface area contributed by atoms with Gasteiger partial charge in [0.05, 0.1) is 37.0 Å². The van der Waals surface area contributed by atoms with Crippen LogP contribution in [0.2, 0.25) is 0 Å².